The average molecular weight is 448 g/mol. The summed E-state index contributed by atoms with van der Waals surface area (Å²) >= 11 is 0. The van der Waals surface area contributed by atoms with Crippen molar-refractivity contribution in [2.75, 3.05) is 37.8 Å². The lowest BCUT2D eigenvalue weighted by Crippen LogP contribution is -2.28. The second-order valence-electron chi connectivity index (χ2n) is 8.32. The Bertz CT molecular complexity index is 1060. The maximum atomic E-state index is 10.2. The van der Waals surface area contributed by atoms with Crippen LogP contribution >= 0.6 is 0 Å². The van der Waals surface area contributed by atoms with Gasteiger partial charge in [-0.05, 0) is 57.6 Å². The fraction of sp³-hybridized carbons (Fsp3) is 0.320. The third-order valence-electron chi connectivity index (χ3n) is 5.11. The van der Waals surface area contributed by atoms with E-state index in [1.807, 2.05) is 81.4 Å². The molecule has 0 aliphatic rings. The predicted molar refractivity (Wildman–Crippen MR) is 136 cm³/mol. The van der Waals surface area contributed by atoms with Crippen LogP contribution in [0.2, 0.25) is 0 Å². The summed E-state index contributed by atoms with van der Waals surface area (Å²) in [5.74, 6) is 1.34. The van der Waals surface area contributed by atoms with Crippen LogP contribution in [0.4, 0.5) is 23.1 Å². The van der Waals surface area contributed by atoms with E-state index in [1.54, 1.807) is 6.20 Å². The van der Waals surface area contributed by atoms with Crippen LogP contribution in [0.1, 0.15) is 23.1 Å². The monoisotopic (exact) mass is 447 g/mol. The summed E-state index contributed by atoms with van der Waals surface area (Å²) in [7, 11) is 3.87. The van der Waals surface area contributed by atoms with Gasteiger partial charge in [0.05, 0.1) is 17.4 Å². The first-order valence-corrected chi connectivity index (χ1v) is 11.0. The molecule has 174 valence electrons. The fourth-order valence-corrected chi connectivity index (χ4v) is 3.45. The van der Waals surface area contributed by atoms with Crippen molar-refractivity contribution >= 4 is 29.0 Å². The molecule has 8 heteroatoms. The van der Waals surface area contributed by atoms with Crippen molar-refractivity contribution in [1.29, 1.82) is 0 Å². The van der Waals surface area contributed by atoms with Crippen molar-refractivity contribution in [1.82, 2.24) is 14.9 Å². The summed E-state index contributed by atoms with van der Waals surface area (Å²) < 4.78 is 0. The lowest BCUT2D eigenvalue weighted by Gasteiger charge is -2.17. The number of hydrogen-bond acceptors (Lipinski definition) is 7. The SMILES string of the molecule is Cc1cccc(C)c1N=C(N)c1cnc(Nc2ccccc2)nc1NCCC(O)CN(C)C. The Morgan fingerprint density at radius 1 is 1.09 bits per heavy atom. The first-order chi connectivity index (χ1) is 15.8. The van der Waals surface area contributed by atoms with Gasteiger partial charge in [-0.3, -0.25) is 0 Å². The van der Waals surface area contributed by atoms with Crippen molar-refractivity contribution < 1.29 is 5.11 Å². The Morgan fingerprint density at radius 2 is 1.79 bits per heavy atom. The van der Waals surface area contributed by atoms with Crippen LogP contribution in [-0.4, -0.2) is 59.1 Å². The molecule has 0 radical (unpaired) electrons. The summed E-state index contributed by atoms with van der Waals surface area (Å²) in [5.41, 5.74) is 10.8. The van der Waals surface area contributed by atoms with Gasteiger partial charge in [-0.25, -0.2) is 9.98 Å². The molecule has 33 heavy (non-hydrogen) atoms. The molecule has 0 aliphatic carbocycles. The number of para-hydroxylation sites is 2. The number of amidine groups is 1. The fourth-order valence-electron chi connectivity index (χ4n) is 3.45. The number of aliphatic hydroxyl groups excluding tert-OH is 1. The Hall–Kier alpha value is -3.49. The molecule has 2 aromatic carbocycles. The minimum atomic E-state index is -0.444. The number of nitrogens with one attached hydrogen (secondary N) is 2. The molecular formula is C25H33N7O. The van der Waals surface area contributed by atoms with Crippen molar-refractivity contribution in [3.63, 3.8) is 0 Å². The largest absolute Gasteiger partial charge is 0.392 e. The van der Waals surface area contributed by atoms with Crippen LogP contribution in [0, 0.1) is 13.8 Å². The van der Waals surface area contributed by atoms with Gasteiger partial charge in [0.25, 0.3) is 0 Å². The van der Waals surface area contributed by atoms with Crippen LogP contribution < -0.4 is 16.4 Å². The second-order valence-corrected chi connectivity index (χ2v) is 8.32. The van der Waals surface area contributed by atoms with Gasteiger partial charge < -0.3 is 26.4 Å². The van der Waals surface area contributed by atoms with Gasteiger partial charge >= 0.3 is 0 Å². The maximum absolute atomic E-state index is 10.2. The highest BCUT2D eigenvalue weighted by atomic mass is 16.3. The number of likely N-dealkylation sites (N-methyl/N-ethyl adjacent to an activating group) is 1. The quantitative estimate of drug-likeness (QED) is 0.277. The van der Waals surface area contributed by atoms with Gasteiger partial charge in [-0.1, -0.05) is 36.4 Å². The van der Waals surface area contributed by atoms with E-state index in [0.29, 0.717) is 42.7 Å². The Morgan fingerprint density at radius 3 is 2.45 bits per heavy atom. The number of rotatable bonds is 10. The molecule has 0 spiro atoms. The molecule has 5 N–H and O–H groups in total. The molecular weight excluding hydrogens is 414 g/mol. The van der Waals surface area contributed by atoms with E-state index in [1.165, 1.54) is 0 Å². The van der Waals surface area contributed by atoms with E-state index in [-0.39, 0.29) is 0 Å². The van der Waals surface area contributed by atoms with Crippen molar-refractivity contribution in [2.24, 2.45) is 10.7 Å². The summed E-state index contributed by atoms with van der Waals surface area (Å²) in [6.45, 7) is 5.14. The van der Waals surface area contributed by atoms with E-state index < -0.39 is 6.10 Å². The molecule has 0 amide bonds. The standard InChI is InChI=1S/C25H33N7O/c1-17-9-8-10-18(2)22(17)30-23(26)21-15-28-25(29-19-11-6-5-7-12-19)31-24(21)27-14-13-20(33)16-32(3)4/h5-12,15,20,33H,13-14,16H2,1-4H3,(H2,26,30)(H2,27,28,29,31). The maximum Gasteiger partial charge on any atom is 0.229 e. The molecule has 0 saturated carbocycles. The molecule has 1 aromatic heterocycles. The lowest BCUT2D eigenvalue weighted by molar-refractivity contribution is 0.131. The van der Waals surface area contributed by atoms with E-state index in [4.69, 9.17) is 5.73 Å². The van der Waals surface area contributed by atoms with Gasteiger partial charge in [0.15, 0.2) is 0 Å². The minimum Gasteiger partial charge on any atom is -0.392 e. The Labute approximate surface area is 195 Å². The molecule has 0 saturated heterocycles. The summed E-state index contributed by atoms with van der Waals surface area (Å²) in [4.78, 5) is 15.7. The number of aromatic nitrogens is 2. The minimum absolute atomic E-state index is 0.329. The molecule has 0 fully saturated rings. The van der Waals surface area contributed by atoms with E-state index >= 15 is 0 Å². The van der Waals surface area contributed by atoms with Gasteiger partial charge in [-0.15, -0.1) is 0 Å². The van der Waals surface area contributed by atoms with Gasteiger partial charge in [0, 0.05) is 25.0 Å². The number of benzene rings is 2. The van der Waals surface area contributed by atoms with Crippen LogP contribution in [-0.2, 0) is 0 Å². The predicted octanol–water partition coefficient (Wildman–Crippen LogP) is 3.60. The zero-order valence-electron chi connectivity index (χ0n) is 19.7. The first kappa shape index (κ1) is 24.2. The van der Waals surface area contributed by atoms with Gasteiger partial charge in [0.2, 0.25) is 5.95 Å². The van der Waals surface area contributed by atoms with Crippen molar-refractivity contribution in [2.45, 2.75) is 26.4 Å². The molecule has 1 atom stereocenters. The summed E-state index contributed by atoms with van der Waals surface area (Å²) in [6.07, 6.45) is 1.79. The second kappa shape index (κ2) is 11.4. The molecule has 8 nitrogen and oxygen atoms in total. The van der Waals surface area contributed by atoms with Gasteiger partial charge in [0.1, 0.15) is 11.7 Å². The number of anilines is 3. The summed E-state index contributed by atoms with van der Waals surface area (Å²) in [6, 6.07) is 15.7. The number of nitrogens with two attached hydrogens (primary N) is 1. The smallest absolute Gasteiger partial charge is 0.229 e. The van der Waals surface area contributed by atoms with Crippen LogP contribution in [0.3, 0.4) is 0 Å². The molecule has 0 bridgehead atoms. The lowest BCUT2D eigenvalue weighted by atomic mass is 10.1. The zero-order valence-corrected chi connectivity index (χ0v) is 19.7. The molecule has 1 unspecified atom stereocenters. The highest BCUT2D eigenvalue weighted by Gasteiger charge is 2.14. The van der Waals surface area contributed by atoms with Crippen LogP contribution in [0.15, 0.2) is 59.7 Å². The van der Waals surface area contributed by atoms with Crippen LogP contribution in [0.25, 0.3) is 0 Å². The molecule has 1 heterocycles. The number of aryl methyl sites for hydroxylation is 2. The topological polar surface area (TPSA) is 112 Å². The number of nitrogens with zero attached hydrogens (tertiary/aromatic N) is 4. The first-order valence-electron chi connectivity index (χ1n) is 11.0. The number of aliphatic imine (C=N–C) groups is 1. The Balaban J connectivity index is 1.88. The van der Waals surface area contributed by atoms with E-state index in [0.717, 1.165) is 22.5 Å². The molecule has 0 aliphatic heterocycles. The average Bonchev–Trinajstić information content (AvgIpc) is 2.76. The summed E-state index contributed by atoms with van der Waals surface area (Å²) in [5, 5.41) is 16.7. The highest BCUT2D eigenvalue weighted by Crippen LogP contribution is 2.25. The van der Waals surface area contributed by atoms with Gasteiger partial charge in [-0.2, -0.15) is 4.98 Å². The van der Waals surface area contributed by atoms with Crippen molar-refractivity contribution in [3.8, 4) is 0 Å². The number of aliphatic hydroxyl groups is 1. The normalized spacial score (nSPS) is 12.6. The van der Waals surface area contributed by atoms with E-state index in [2.05, 4.69) is 25.6 Å². The number of hydrogen-bond donors (Lipinski definition) is 4. The molecule has 3 aromatic rings. The third kappa shape index (κ3) is 7.00. The highest BCUT2D eigenvalue weighted by molar-refractivity contribution is 6.03. The Kier molecular flexibility index (Phi) is 8.34. The van der Waals surface area contributed by atoms with Crippen molar-refractivity contribution in [3.05, 3.63) is 71.4 Å². The third-order valence-corrected chi connectivity index (χ3v) is 5.11. The van der Waals surface area contributed by atoms with Crippen LogP contribution in [0.5, 0.6) is 0 Å². The zero-order chi connectivity index (χ0) is 23.8. The molecule has 3 rings (SSSR count). The van der Waals surface area contributed by atoms with E-state index in [9.17, 15) is 5.11 Å².